The van der Waals surface area contributed by atoms with Gasteiger partial charge in [-0.3, -0.25) is 4.79 Å². The van der Waals surface area contributed by atoms with Crippen LogP contribution in [-0.4, -0.2) is 33.3 Å². The molecule has 132 valence electrons. The van der Waals surface area contributed by atoms with Crippen LogP contribution in [0.15, 0.2) is 30.6 Å². The first-order valence-corrected chi connectivity index (χ1v) is 9.15. The molecule has 1 aromatic carbocycles. The zero-order chi connectivity index (χ0) is 17.2. The highest BCUT2D eigenvalue weighted by atomic mass is 16.2. The Hall–Kier alpha value is -2.21. The van der Waals surface area contributed by atoms with E-state index in [0.29, 0.717) is 12.5 Å². The van der Waals surface area contributed by atoms with E-state index in [9.17, 15) is 4.79 Å². The van der Waals surface area contributed by atoms with Crippen LogP contribution < -0.4 is 10.6 Å². The van der Waals surface area contributed by atoms with Crippen LogP contribution in [0.4, 0.5) is 0 Å². The summed E-state index contributed by atoms with van der Waals surface area (Å²) in [5.41, 5.74) is 2.46. The van der Waals surface area contributed by atoms with Gasteiger partial charge in [-0.15, -0.1) is 0 Å². The van der Waals surface area contributed by atoms with E-state index in [1.54, 1.807) is 6.33 Å². The maximum Gasteiger partial charge on any atom is 0.234 e. The fourth-order valence-electron chi connectivity index (χ4n) is 3.54. The number of fused-ring (bicyclic) bond motifs is 1. The van der Waals surface area contributed by atoms with E-state index in [1.165, 1.54) is 24.0 Å². The maximum absolute atomic E-state index is 12.5. The van der Waals surface area contributed by atoms with Crippen LogP contribution in [0.1, 0.15) is 42.3 Å². The van der Waals surface area contributed by atoms with Gasteiger partial charge in [-0.05, 0) is 37.7 Å². The molecule has 0 unspecified atom stereocenters. The van der Waals surface area contributed by atoms with Gasteiger partial charge in [0, 0.05) is 12.5 Å². The molecule has 2 aromatic rings. The van der Waals surface area contributed by atoms with Crippen molar-refractivity contribution in [1.82, 2.24) is 25.4 Å². The van der Waals surface area contributed by atoms with E-state index in [2.05, 4.69) is 51.9 Å². The zero-order valence-electron chi connectivity index (χ0n) is 14.6. The predicted octanol–water partition coefficient (Wildman–Crippen LogP) is 1.76. The van der Waals surface area contributed by atoms with Gasteiger partial charge in [0.2, 0.25) is 5.91 Å². The number of rotatable bonds is 6. The quantitative estimate of drug-likeness (QED) is 0.841. The first-order valence-electron chi connectivity index (χ1n) is 9.15. The lowest BCUT2D eigenvalue weighted by atomic mass is 10.0. The molecule has 0 saturated heterocycles. The van der Waals surface area contributed by atoms with Gasteiger partial charge in [0.1, 0.15) is 12.2 Å². The Kier molecular flexibility index (Phi) is 4.53. The van der Waals surface area contributed by atoms with Crippen LogP contribution in [0.25, 0.3) is 0 Å². The SMILES string of the molecule is Cc1ccc([C@H](NC(=O)CN[C@@H]2CCc3ncnn3C2)C2CC2)cc1. The predicted molar refractivity (Wildman–Crippen MR) is 94.9 cm³/mol. The summed E-state index contributed by atoms with van der Waals surface area (Å²) in [6.45, 7) is 3.22. The number of nitrogens with one attached hydrogen (secondary N) is 2. The van der Waals surface area contributed by atoms with Gasteiger partial charge in [-0.2, -0.15) is 5.10 Å². The molecular weight excluding hydrogens is 314 g/mol. The van der Waals surface area contributed by atoms with Crippen molar-refractivity contribution in [3.05, 3.63) is 47.5 Å². The molecule has 25 heavy (non-hydrogen) atoms. The number of nitrogens with zero attached hydrogens (tertiary/aromatic N) is 3. The van der Waals surface area contributed by atoms with Crippen molar-refractivity contribution >= 4 is 5.91 Å². The number of carbonyl (C=O) groups excluding carboxylic acids is 1. The molecule has 0 bridgehead atoms. The van der Waals surface area contributed by atoms with E-state index >= 15 is 0 Å². The number of aryl methyl sites for hydroxylation is 2. The van der Waals surface area contributed by atoms with Crippen LogP contribution in [0.3, 0.4) is 0 Å². The van der Waals surface area contributed by atoms with Gasteiger partial charge in [0.05, 0.1) is 19.1 Å². The molecule has 1 aromatic heterocycles. The second kappa shape index (κ2) is 6.96. The smallest absolute Gasteiger partial charge is 0.234 e. The molecule has 2 aliphatic rings. The Bertz CT molecular complexity index is 735. The number of benzene rings is 1. The summed E-state index contributed by atoms with van der Waals surface area (Å²) in [6, 6.07) is 8.93. The molecule has 1 fully saturated rings. The highest BCUT2D eigenvalue weighted by Crippen LogP contribution is 2.40. The van der Waals surface area contributed by atoms with Gasteiger partial charge in [-0.25, -0.2) is 9.67 Å². The summed E-state index contributed by atoms with van der Waals surface area (Å²) >= 11 is 0. The molecule has 0 spiro atoms. The standard InChI is InChI=1S/C19H25N5O/c1-13-2-4-14(5-3-13)19(15-6-7-15)23-18(25)10-20-16-8-9-17-21-12-22-24(17)11-16/h2-5,12,15-16,19-20H,6-11H2,1H3,(H,23,25)/t16-,19+/m1/s1. The largest absolute Gasteiger partial charge is 0.348 e. The van der Waals surface area contributed by atoms with Crippen LogP contribution in [0.5, 0.6) is 0 Å². The second-order valence-corrected chi connectivity index (χ2v) is 7.27. The first kappa shape index (κ1) is 16.3. The summed E-state index contributed by atoms with van der Waals surface area (Å²) in [5.74, 6) is 1.69. The Labute approximate surface area is 148 Å². The van der Waals surface area contributed by atoms with Gasteiger partial charge in [0.25, 0.3) is 0 Å². The van der Waals surface area contributed by atoms with E-state index in [4.69, 9.17) is 0 Å². The molecule has 1 amide bonds. The molecule has 4 rings (SSSR count). The summed E-state index contributed by atoms with van der Waals surface area (Å²) in [6.07, 6.45) is 5.91. The molecule has 2 atom stereocenters. The highest BCUT2D eigenvalue weighted by molar-refractivity contribution is 5.78. The second-order valence-electron chi connectivity index (χ2n) is 7.27. The van der Waals surface area contributed by atoms with Gasteiger partial charge in [-0.1, -0.05) is 29.8 Å². The lowest BCUT2D eigenvalue weighted by Gasteiger charge is -2.24. The average Bonchev–Trinajstić information content (AvgIpc) is 3.35. The monoisotopic (exact) mass is 339 g/mol. The van der Waals surface area contributed by atoms with Crippen molar-refractivity contribution in [3.8, 4) is 0 Å². The lowest BCUT2D eigenvalue weighted by Crippen LogP contribution is -2.44. The molecule has 2 N–H and O–H groups in total. The van der Waals surface area contributed by atoms with Crippen molar-refractivity contribution in [3.63, 3.8) is 0 Å². The average molecular weight is 339 g/mol. The molecule has 1 saturated carbocycles. The van der Waals surface area contributed by atoms with Gasteiger partial charge < -0.3 is 10.6 Å². The minimum absolute atomic E-state index is 0.0712. The molecule has 6 nitrogen and oxygen atoms in total. The van der Waals surface area contributed by atoms with Crippen LogP contribution in [0.2, 0.25) is 0 Å². The number of carbonyl (C=O) groups is 1. The van der Waals surface area contributed by atoms with E-state index < -0.39 is 0 Å². The van der Waals surface area contributed by atoms with E-state index in [-0.39, 0.29) is 18.0 Å². The first-order chi connectivity index (χ1) is 12.2. The Morgan fingerprint density at radius 3 is 2.84 bits per heavy atom. The number of amides is 1. The summed E-state index contributed by atoms with van der Waals surface area (Å²) in [4.78, 5) is 16.7. The Morgan fingerprint density at radius 1 is 1.28 bits per heavy atom. The molecular formula is C19H25N5O. The fourth-order valence-corrected chi connectivity index (χ4v) is 3.54. The minimum atomic E-state index is 0.0712. The van der Waals surface area contributed by atoms with Crippen molar-refractivity contribution < 1.29 is 4.79 Å². The van der Waals surface area contributed by atoms with Gasteiger partial charge in [0.15, 0.2) is 0 Å². The number of hydrogen-bond acceptors (Lipinski definition) is 4. The Morgan fingerprint density at radius 2 is 2.08 bits per heavy atom. The third kappa shape index (κ3) is 3.90. The number of hydrogen-bond donors (Lipinski definition) is 2. The van der Waals surface area contributed by atoms with Crippen LogP contribution >= 0.6 is 0 Å². The van der Waals surface area contributed by atoms with Crippen molar-refractivity contribution in [1.29, 1.82) is 0 Å². The minimum Gasteiger partial charge on any atom is -0.348 e. The van der Waals surface area contributed by atoms with E-state index in [0.717, 1.165) is 25.2 Å². The fraction of sp³-hybridized carbons (Fsp3) is 0.526. The highest BCUT2D eigenvalue weighted by Gasteiger charge is 2.33. The molecule has 1 aliphatic heterocycles. The topological polar surface area (TPSA) is 71.8 Å². The third-order valence-electron chi connectivity index (χ3n) is 5.20. The van der Waals surface area contributed by atoms with E-state index in [1.807, 2.05) is 4.68 Å². The van der Waals surface area contributed by atoms with Crippen molar-refractivity contribution in [2.75, 3.05) is 6.54 Å². The molecule has 6 heteroatoms. The Balaban J connectivity index is 1.31. The normalized spacial score (nSPS) is 20.8. The zero-order valence-corrected chi connectivity index (χ0v) is 14.6. The summed E-state index contributed by atoms with van der Waals surface area (Å²) < 4.78 is 1.93. The molecule has 0 radical (unpaired) electrons. The molecule has 2 heterocycles. The van der Waals surface area contributed by atoms with Crippen LogP contribution in [0, 0.1) is 12.8 Å². The third-order valence-corrected chi connectivity index (χ3v) is 5.20. The maximum atomic E-state index is 12.5. The van der Waals surface area contributed by atoms with Crippen molar-refractivity contribution in [2.24, 2.45) is 5.92 Å². The summed E-state index contributed by atoms with van der Waals surface area (Å²) in [5, 5.41) is 10.8. The van der Waals surface area contributed by atoms with Crippen LogP contribution in [-0.2, 0) is 17.8 Å². The lowest BCUT2D eigenvalue weighted by molar-refractivity contribution is -0.121. The summed E-state index contributed by atoms with van der Waals surface area (Å²) in [7, 11) is 0. The molecule has 1 aliphatic carbocycles. The van der Waals surface area contributed by atoms with Gasteiger partial charge >= 0.3 is 0 Å². The number of aromatic nitrogens is 3. The van der Waals surface area contributed by atoms with Crippen molar-refractivity contribution in [2.45, 2.75) is 51.2 Å².